The van der Waals surface area contributed by atoms with Crippen LogP contribution in [0.25, 0.3) is 12.2 Å². The molecule has 34 heteroatoms. The smallest absolute Gasteiger partial charge is 0.338 e. The van der Waals surface area contributed by atoms with Gasteiger partial charge >= 0.3 is 23.9 Å². The predicted octanol–water partition coefficient (Wildman–Crippen LogP) is -5.53. The number of rotatable bonds is 25. The number of ether oxygens (including phenoxy) is 15. The highest BCUT2D eigenvalue weighted by Crippen LogP contribution is 2.43. The van der Waals surface area contributed by atoms with Gasteiger partial charge in [-0.1, -0.05) is 30.3 Å². The molecule has 0 amide bonds. The highest BCUT2D eigenvalue weighted by atomic mass is 16.8. The lowest BCUT2D eigenvalue weighted by molar-refractivity contribution is -0.423. The highest BCUT2D eigenvalue weighted by Gasteiger charge is 2.64. The Morgan fingerprint density at radius 1 is 0.495 bits per heavy atom. The molecule has 0 unspecified atom stereocenters. The van der Waals surface area contributed by atoms with E-state index in [9.17, 15) is 95.8 Å². The molecule has 8 rings (SSSR count). The summed E-state index contributed by atoms with van der Waals surface area (Å²) in [5.41, 5.74) is 0.355. The van der Waals surface area contributed by atoms with Crippen LogP contribution in [0.3, 0.4) is 0 Å². The number of hydrogen-bond acceptors (Lipinski definition) is 34. The summed E-state index contributed by atoms with van der Waals surface area (Å²) < 4.78 is 88.1. The van der Waals surface area contributed by atoms with Crippen LogP contribution >= 0.6 is 0 Å². The van der Waals surface area contributed by atoms with Gasteiger partial charge in [-0.05, 0) is 59.7 Å². The minimum atomic E-state index is -2.99. The summed E-state index contributed by atoms with van der Waals surface area (Å²) in [7, 11) is 2.52. The molecule has 5 aliphatic rings. The van der Waals surface area contributed by atoms with Crippen molar-refractivity contribution in [3.8, 4) is 23.0 Å². The van der Waals surface area contributed by atoms with Gasteiger partial charge in [0.15, 0.2) is 60.4 Å². The van der Waals surface area contributed by atoms with Gasteiger partial charge in [-0.2, -0.15) is 0 Å². The molecule has 0 bridgehead atoms. The number of carbonyl (C=O) groups is 4. The largest absolute Gasteiger partial charge is 0.504 e. The SMILES string of the molecule is COc1cc(/C=C/C(=O)OC[C@@]2(O[C@H]3O[C@H](CO)[C@@H](OC(=O)/C=C/c4ccc(O)c(OC)c4)[C@H](O[C@H]4O[C@H](COC(C)=O)[C@@H](O[C@@H]5O[C@H](CO)[C@@H](O)[C@H](O)[C@H]5O)[C@H](O)[C@H]4O)[C@H]3O[C@@H]3O[C@H](CO)[C@@H](O)[C@H](O)[C@H]3O)O[C@H](CO)[C@@H](O)[C@H]2OC(=O)c2ccccc2)ccc1O. The molecule has 93 heavy (non-hydrogen) atoms. The van der Waals surface area contributed by atoms with Crippen LogP contribution in [0.5, 0.6) is 23.0 Å². The van der Waals surface area contributed by atoms with E-state index in [1.165, 1.54) is 87.0 Å². The fourth-order valence-electron chi connectivity index (χ4n) is 10.6. The van der Waals surface area contributed by atoms with E-state index in [4.69, 9.17) is 71.1 Å². The number of benzene rings is 3. The number of phenols is 2. The molecule has 3 aromatic carbocycles. The van der Waals surface area contributed by atoms with Crippen LogP contribution in [-0.4, -0.2) is 301 Å². The Hall–Kier alpha value is -6.66. The molecule has 24 atom stereocenters. The van der Waals surface area contributed by atoms with Crippen molar-refractivity contribution in [3.63, 3.8) is 0 Å². The molecule has 15 N–H and O–H groups in total. The molecule has 5 saturated heterocycles. The Kier molecular flexibility index (Phi) is 25.0. The summed E-state index contributed by atoms with van der Waals surface area (Å²) >= 11 is 0. The summed E-state index contributed by atoms with van der Waals surface area (Å²) in [5.74, 6) is -8.24. The number of carbonyl (C=O) groups excluding carboxylic acids is 4. The van der Waals surface area contributed by atoms with Gasteiger partial charge in [0.2, 0.25) is 5.79 Å². The lowest BCUT2D eigenvalue weighted by Gasteiger charge is -2.51. The third-order valence-corrected chi connectivity index (χ3v) is 15.5. The zero-order valence-corrected chi connectivity index (χ0v) is 49.6. The fraction of sp³-hybridized carbons (Fsp3) is 0.559. The van der Waals surface area contributed by atoms with E-state index in [1.54, 1.807) is 6.07 Å². The van der Waals surface area contributed by atoms with Crippen molar-refractivity contribution in [1.82, 2.24) is 0 Å². The molecule has 5 fully saturated rings. The third kappa shape index (κ3) is 16.7. The van der Waals surface area contributed by atoms with E-state index >= 15 is 0 Å². The number of aromatic hydroxyl groups is 2. The monoisotopic (exact) mass is 1330 g/mol. The second kappa shape index (κ2) is 32.2. The van der Waals surface area contributed by atoms with Gasteiger partial charge in [-0.25, -0.2) is 14.4 Å². The first-order chi connectivity index (χ1) is 44.4. The minimum absolute atomic E-state index is 0.0111. The average molecular weight is 1330 g/mol. The Labute approximate surface area is 527 Å². The van der Waals surface area contributed by atoms with Gasteiger partial charge in [0.25, 0.3) is 0 Å². The molecule has 0 saturated carbocycles. The van der Waals surface area contributed by atoms with Crippen LogP contribution in [0.15, 0.2) is 78.9 Å². The van der Waals surface area contributed by atoms with Gasteiger partial charge < -0.3 is 148 Å². The van der Waals surface area contributed by atoms with E-state index in [1.807, 2.05) is 0 Å². The fourth-order valence-corrected chi connectivity index (χ4v) is 10.6. The van der Waals surface area contributed by atoms with E-state index in [0.717, 1.165) is 19.1 Å². The predicted molar refractivity (Wildman–Crippen MR) is 301 cm³/mol. The first kappa shape index (κ1) is 72.2. The van der Waals surface area contributed by atoms with Gasteiger partial charge in [-0.3, -0.25) is 4.79 Å². The molecule has 5 heterocycles. The zero-order valence-electron chi connectivity index (χ0n) is 49.6. The minimum Gasteiger partial charge on any atom is -0.504 e. The molecular weight excluding hydrogens is 1250 g/mol. The molecule has 34 nitrogen and oxygen atoms in total. The number of hydrogen-bond donors (Lipinski definition) is 15. The lowest BCUT2D eigenvalue weighted by atomic mass is 9.95. The summed E-state index contributed by atoms with van der Waals surface area (Å²) in [6, 6.07) is 15.0. The van der Waals surface area contributed by atoms with E-state index in [-0.39, 0.29) is 39.7 Å². The number of aliphatic hydroxyl groups excluding tert-OH is 13. The first-order valence-corrected chi connectivity index (χ1v) is 28.8. The van der Waals surface area contributed by atoms with Crippen molar-refractivity contribution in [2.75, 3.05) is 53.9 Å². The van der Waals surface area contributed by atoms with Crippen molar-refractivity contribution in [2.45, 2.75) is 154 Å². The van der Waals surface area contributed by atoms with E-state index in [0.29, 0.717) is 0 Å². The van der Waals surface area contributed by atoms with Crippen molar-refractivity contribution in [1.29, 1.82) is 0 Å². The maximum absolute atomic E-state index is 14.2. The van der Waals surface area contributed by atoms with Crippen molar-refractivity contribution < 1.29 is 167 Å². The van der Waals surface area contributed by atoms with Crippen molar-refractivity contribution in [3.05, 3.63) is 95.6 Å². The van der Waals surface area contributed by atoms with Crippen LogP contribution < -0.4 is 9.47 Å². The van der Waals surface area contributed by atoms with Gasteiger partial charge in [0.05, 0.1) is 46.2 Å². The number of esters is 4. The molecule has 0 aliphatic carbocycles. The van der Waals surface area contributed by atoms with Crippen LogP contribution in [0, 0.1) is 0 Å². The lowest BCUT2D eigenvalue weighted by Crippen LogP contribution is -2.69. The third-order valence-electron chi connectivity index (χ3n) is 15.5. The Balaban J connectivity index is 1.26. The summed E-state index contributed by atoms with van der Waals surface area (Å²) in [5, 5.41) is 164. The zero-order chi connectivity index (χ0) is 67.6. The Morgan fingerprint density at radius 3 is 1.49 bits per heavy atom. The highest BCUT2D eigenvalue weighted by molar-refractivity contribution is 5.90. The second-order valence-electron chi connectivity index (χ2n) is 21.7. The van der Waals surface area contributed by atoms with Crippen LogP contribution in [-0.2, 0) is 76.0 Å². The second-order valence-corrected chi connectivity index (χ2v) is 21.7. The molecule has 3 aromatic rings. The topological polar surface area (TPSA) is 510 Å². The standard InChI is InChI=1S/C59H74O34/c1-25(64)81-23-37-49(88-55-46(75)43(72)40(69)33(19-60)83-55)45(74)48(77)57(86-37)89-51-50(87-39(68)16-12-27-10-14-30(66)32(18-27)80-3)36(22-63)85-58(52(51)90-56-47(76)44(73)41(70)34(20-61)84-56)93-59(24-82-38(67)15-11-26-9-13-29(65)31(17-26)79-2)53(42(71)35(21-62)92-59)91-54(78)28-7-5-4-6-8-28/h4-18,33-37,40-53,55-58,60-63,65-66,69-77H,19-24H2,1-3H3/b15-11+,16-12+/t33-,34-,35-,36-,37-,40-,41-,42-,43+,44+,45-,46-,47-,48-,49-,50-,51+,52-,53-,55+,56+,57-,58-,59+/m1/s1. The van der Waals surface area contributed by atoms with Gasteiger partial charge in [0.1, 0.15) is 117 Å². The van der Waals surface area contributed by atoms with E-state index < -0.39 is 210 Å². The molecule has 0 radical (unpaired) electrons. The molecule has 0 aromatic heterocycles. The average Bonchev–Trinajstić information content (AvgIpc) is 1.74. The van der Waals surface area contributed by atoms with Crippen LogP contribution in [0.4, 0.5) is 0 Å². The number of methoxy groups -OCH3 is 2. The first-order valence-electron chi connectivity index (χ1n) is 28.8. The van der Waals surface area contributed by atoms with Crippen molar-refractivity contribution >= 4 is 36.0 Å². The molecule has 0 spiro atoms. The van der Waals surface area contributed by atoms with Crippen LogP contribution in [0.2, 0.25) is 0 Å². The maximum Gasteiger partial charge on any atom is 0.338 e. The summed E-state index contributed by atoms with van der Waals surface area (Å²) in [6.07, 6.45) is -45.1. The Bertz CT molecular complexity index is 3020. The maximum atomic E-state index is 14.2. The van der Waals surface area contributed by atoms with Crippen LogP contribution in [0.1, 0.15) is 28.4 Å². The van der Waals surface area contributed by atoms with Crippen molar-refractivity contribution in [2.24, 2.45) is 0 Å². The van der Waals surface area contributed by atoms with Gasteiger partial charge in [0, 0.05) is 19.1 Å². The summed E-state index contributed by atoms with van der Waals surface area (Å²) in [4.78, 5) is 54.5. The summed E-state index contributed by atoms with van der Waals surface area (Å²) in [6.45, 7) is -5.60. The number of phenolic OH excluding ortho intramolecular Hbond substituents is 2. The normalized spacial score (nSPS) is 36.3. The molecular formula is C59H74O34. The molecule has 5 aliphatic heterocycles. The Morgan fingerprint density at radius 2 is 0.978 bits per heavy atom. The molecule has 514 valence electrons. The number of aliphatic hydroxyl groups is 13. The quantitative estimate of drug-likeness (QED) is 0.0214. The van der Waals surface area contributed by atoms with Gasteiger partial charge in [-0.15, -0.1) is 0 Å². The van der Waals surface area contributed by atoms with E-state index in [2.05, 4.69) is 0 Å².